The van der Waals surface area contributed by atoms with E-state index in [-0.39, 0.29) is 0 Å². The lowest BCUT2D eigenvalue weighted by atomic mass is 10.1. The minimum absolute atomic E-state index is 0.374. The predicted octanol–water partition coefficient (Wildman–Crippen LogP) is 2.57. The highest BCUT2D eigenvalue weighted by atomic mass is 14.7. The molecule has 0 aliphatic heterocycles. The summed E-state index contributed by atoms with van der Waals surface area (Å²) in [4.78, 5) is 4.22. The van der Waals surface area contributed by atoms with Crippen molar-refractivity contribution in [1.82, 2.24) is 4.98 Å². The lowest BCUT2D eigenvalue weighted by Gasteiger charge is -2.02. The van der Waals surface area contributed by atoms with E-state index >= 15 is 0 Å². The van der Waals surface area contributed by atoms with Gasteiger partial charge in [-0.2, -0.15) is 5.26 Å². The number of rotatable bonds is 2. The fraction of sp³-hybridized carbons (Fsp3) is 0.0909. The summed E-state index contributed by atoms with van der Waals surface area (Å²) in [5.41, 5.74) is 2.71. The number of hydrogen-bond acceptors (Lipinski definition) is 2. The van der Waals surface area contributed by atoms with Crippen molar-refractivity contribution in [2.24, 2.45) is 0 Å². The molecule has 0 saturated carbocycles. The molecule has 64 valence electrons. The van der Waals surface area contributed by atoms with Gasteiger partial charge in [-0.05, 0) is 13.0 Å². The molecule has 0 fully saturated rings. The van der Waals surface area contributed by atoms with Crippen LogP contribution in [0.4, 0.5) is 0 Å². The van der Waals surface area contributed by atoms with Gasteiger partial charge in [-0.3, -0.25) is 4.98 Å². The van der Waals surface area contributed by atoms with Gasteiger partial charge in [-0.1, -0.05) is 25.3 Å². The Bertz CT molecular complexity index is 397. The number of aromatic nitrogens is 1. The van der Waals surface area contributed by atoms with Crippen LogP contribution in [0.15, 0.2) is 25.3 Å². The largest absolute Gasteiger partial charge is 0.252 e. The van der Waals surface area contributed by atoms with Gasteiger partial charge in [0.2, 0.25) is 0 Å². The van der Waals surface area contributed by atoms with Crippen LogP contribution >= 0.6 is 0 Å². The van der Waals surface area contributed by atoms with Gasteiger partial charge in [-0.15, -0.1) is 0 Å². The van der Waals surface area contributed by atoms with Crippen molar-refractivity contribution in [1.29, 1.82) is 5.26 Å². The third-order valence-corrected chi connectivity index (χ3v) is 1.71. The molecule has 0 atom stereocenters. The van der Waals surface area contributed by atoms with E-state index in [1.807, 2.05) is 25.1 Å². The summed E-state index contributed by atoms with van der Waals surface area (Å²) >= 11 is 0. The van der Waals surface area contributed by atoms with E-state index in [0.29, 0.717) is 11.3 Å². The Kier molecular flexibility index (Phi) is 2.61. The zero-order valence-electron chi connectivity index (χ0n) is 7.54. The molecule has 0 N–H and O–H groups in total. The molecule has 0 bridgehead atoms. The van der Waals surface area contributed by atoms with Crippen LogP contribution in [-0.4, -0.2) is 4.98 Å². The van der Waals surface area contributed by atoms with Crippen molar-refractivity contribution in [2.75, 3.05) is 0 Å². The first-order chi connectivity index (χ1) is 6.19. The highest BCUT2D eigenvalue weighted by molar-refractivity contribution is 5.78. The normalized spacial score (nSPS) is 8.92. The van der Waals surface area contributed by atoms with E-state index in [9.17, 15) is 0 Å². The van der Waals surface area contributed by atoms with Crippen LogP contribution in [0, 0.1) is 18.3 Å². The van der Waals surface area contributed by atoms with Crippen molar-refractivity contribution >= 4 is 11.6 Å². The van der Waals surface area contributed by atoms with Crippen LogP contribution < -0.4 is 0 Å². The monoisotopic (exact) mass is 170 g/mol. The van der Waals surface area contributed by atoms with Crippen molar-refractivity contribution in [3.05, 3.63) is 42.2 Å². The summed E-state index contributed by atoms with van der Waals surface area (Å²) in [7, 11) is 0. The molecular weight excluding hydrogens is 160 g/mol. The minimum atomic E-state index is 0.374. The van der Waals surface area contributed by atoms with Crippen molar-refractivity contribution in [2.45, 2.75) is 6.92 Å². The lowest BCUT2D eigenvalue weighted by molar-refractivity contribution is 1.17. The Balaban J connectivity index is 3.33. The number of nitrogens with zero attached hydrogens (tertiary/aromatic N) is 2. The summed E-state index contributed by atoms with van der Waals surface area (Å²) in [6, 6.07) is 5.74. The van der Waals surface area contributed by atoms with Crippen LogP contribution in [0.1, 0.15) is 17.0 Å². The second-order valence-electron chi connectivity index (χ2n) is 2.68. The Labute approximate surface area is 77.9 Å². The first-order valence-electron chi connectivity index (χ1n) is 3.88. The Morgan fingerprint density at radius 2 is 2.31 bits per heavy atom. The SMILES string of the molecule is C=Cc1ccc(C)nc1C(=C)C#N. The molecule has 1 aromatic heterocycles. The number of allylic oxidation sites excluding steroid dienone is 1. The Morgan fingerprint density at radius 3 is 2.85 bits per heavy atom. The molecule has 1 rings (SSSR count). The number of hydrogen-bond donors (Lipinski definition) is 0. The molecule has 0 spiro atoms. The van der Waals surface area contributed by atoms with Gasteiger partial charge in [0.05, 0.1) is 11.3 Å². The Hall–Kier alpha value is -1.88. The number of nitriles is 1. The molecule has 0 amide bonds. The maximum absolute atomic E-state index is 8.68. The summed E-state index contributed by atoms with van der Waals surface area (Å²) in [5.74, 6) is 0. The second-order valence-corrected chi connectivity index (χ2v) is 2.68. The summed E-state index contributed by atoms with van der Waals surface area (Å²) in [5, 5.41) is 8.68. The molecule has 0 aliphatic carbocycles. The third-order valence-electron chi connectivity index (χ3n) is 1.71. The van der Waals surface area contributed by atoms with E-state index in [0.717, 1.165) is 11.3 Å². The van der Waals surface area contributed by atoms with E-state index in [1.54, 1.807) is 6.08 Å². The van der Waals surface area contributed by atoms with Gasteiger partial charge in [-0.25, -0.2) is 0 Å². The number of aryl methyl sites for hydroxylation is 1. The first-order valence-corrected chi connectivity index (χ1v) is 3.88. The number of pyridine rings is 1. The van der Waals surface area contributed by atoms with E-state index in [2.05, 4.69) is 18.1 Å². The minimum Gasteiger partial charge on any atom is -0.252 e. The lowest BCUT2D eigenvalue weighted by Crippen LogP contribution is -1.93. The molecule has 0 unspecified atom stereocenters. The summed E-state index contributed by atoms with van der Waals surface area (Å²) < 4.78 is 0. The summed E-state index contributed by atoms with van der Waals surface area (Å²) in [6.45, 7) is 9.15. The molecule has 0 aromatic carbocycles. The molecule has 0 saturated heterocycles. The van der Waals surface area contributed by atoms with Crippen molar-refractivity contribution in [3.8, 4) is 6.07 Å². The molecule has 2 heteroatoms. The zero-order chi connectivity index (χ0) is 9.84. The fourth-order valence-corrected chi connectivity index (χ4v) is 1.03. The highest BCUT2D eigenvalue weighted by Crippen LogP contribution is 2.16. The quantitative estimate of drug-likeness (QED) is 0.639. The molecule has 0 aliphatic rings. The zero-order valence-corrected chi connectivity index (χ0v) is 7.54. The average Bonchev–Trinajstić information content (AvgIpc) is 2.16. The maximum atomic E-state index is 8.68. The van der Waals surface area contributed by atoms with Gasteiger partial charge >= 0.3 is 0 Å². The van der Waals surface area contributed by atoms with Gasteiger partial charge < -0.3 is 0 Å². The highest BCUT2D eigenvalue weighted by Gasteiger charge is 2.04. The Morgan fingerprint density at radius 1 is 1.62 bits per heavy atom. The predicted molar refractivity (Wildman–Crippen MR) is 53.7 cm³/mol. The van der Waals surface area contributed by atoms with Crippen molar-refractivity contribution in [3.63, 3.8) is 0 Å². The van der Waals surface area contributed by atoms with Crippen LogP contribution in [-0.2, 0) is 0 Å². The van der Waals surface area contributed by atoms with Gasteiger partial charge in [0, 0.05) is 11.3 Å². The second kappa shape index (κ2) is 3.68. The first kappa shape index (κ1) is 9.21. The van der Waals surface area contributed by atoms with Crippen LogP contribution in [0.2, 0.25) is 0 Å². The van der Waals surface area contributed by atoms with E-state index < -0.39 is 0 Å². The van der Waals surface area contributed by atoms with Crippen LogP contribution in [0.5, 0.6) is 0 Å². The maximum Gasteiger partial charge on any atom is 0.101 e. The van der Waals surface area contributed by atoms with Gasteiger partial charge in [0.15, 0.2) is 0 Å². The van der Waals surface area contributed by atoms with E-state index in [1.165, 1.54) is 0 Å². The molecular formula is C11H10N2. The molecule has 0 radical (unpaired) electrons. The topological polar surface area (TPSA) is 36.7 Å². The van der Waals surface area contributed by atoms with Gasteiger partial charge in [0.25, 0.3) is 0 Å². The van der Waals surface area contributed by atoms with Gasteiger partial charge in [0.1, 0.15) is 6.07 Å². The molecule has 1 heterocycles. The summed E-state index contributed by atoms with van der Waals surface area (Å²) in [6.07, 6.45) is 1.67. The smallest absolute Gasteiger partial charge is 0.101 e. The van der Waals surface area contributed by atoms with Crippen LogP contribution in [0.25, 0.3) is 11.6 Å². The van der Waals surface area contributed by atoms with Crippen molar-refractivity contribution < 1.29 is 0 Å². The standard InChI is InChI=1S/C11H10N2/c1-4-10-6-5-9(3)13-11(10)8(2)7-12/h4-6H,1-2H2,3H3. The third kappa shape index (κ3) is 1.83. The van der Waals surface area contributed by atoms with E-state index in [4.69, 9.17) is 5.26 Å². The molecule has 1 aromatic rings. The molecule has 2 nitrogen and oxygen atoms in total. The van der Waals surface area contributed by atoms with Crippen LogP contribution in [0.3, 0.4) is 0 Å². The average molecular weight is 170 g/mol. The molecule has 13 heavy (non-hydrogen) atoms. The fourth-order valence-electron chi connectivity index (χ4n) is 1.03.